The fourth-order valence-electron chi connectivity index (χ4n) is 1.73. The third-order valence-electron chi connectivity index (χ3n) is 2.87. The van der Waals surface area contributed by atoms with Crippen molar-refractivity contribution in [1.82, 2.24) is 5.32 Å². The van der Waals surface area contributed by atoms with Gasteiger partial charge in [-0.05, 0) is 42.7 Å². The van der Waals surface area contributed by atoms with Crippen LogP contribution in [0.5, 0.6) is 5.75 Å². The second kappa shape index (κ2) is 8.93. The van der Waals surface area contributed by atoms with Crippen molar-refractivity contribution in [2.75, 3.05) is 13.7 Å². The quantitative estimate of drug-likeness (QED) is 0.552. The van der Waals surface area contributed by atoms with Crippen LogP contribution in [0.3, 0.4) is 0 Å². The molecule has 0 atom stereocenters. The molecular weight excluding hydrogens is 321 g/mol. The molecule has 0 spiro atoms. The minimum atomic E-state index is -0.335. The van der Waals surface area contributed by atoms with E-state index in [-0.39, 0.29) is 11.6 Å². The van der Waals surface area contributed by atoms with Crippen LogP contribution in [-0.4, -0.2) is 13.7 Å². The molecule has 2 nitrogen and oxygen atoms in total. The molecule has 1 aromatic rings. The van der Waals surface area contributed by atoms with Gasteiger partial charge >= 0.3 is 0 Å². The highest BCUT2D eigenvalue weighted by Gasteiger charge is 2.03. The molecule has 110 valence electrons. The lowest BCUT2D eigenvalue weighted by Crippen LogP contribution is -2.15. The van der Waals surface area contributed by atoms with Gasteiger partial charge in [0.15, 0.2) is 11.6 Å². The fourth-order valence-corrected chi connectivity index (χ4v) is 2.25. The van der Waals surface area contributed by atoms with E-state index in [4.69, 9.17) is 4.74 Å². The number of ether oxygens (including phenoxy) is 1. The maximum atomic E-state index is 13.3. The molecule has 1 aromatic carbocycles. The van der Waals surface area contributed by atoms with Crippen molar-refractivity contribution in [3.05, 3.63) is 52.3 Å². The Hall–Kier alpha value is -1.13. The van der Waals surface area contributed by atoms with Gasteiger partial charge in [-0.15, -0.1) is 0 Å². The Morgan fingerprint density at radius 1 is 1.50 bits per heavy atom. The van der Waals surface area contributed by atoms with Crippen LogP contribution in [0.4, 0.5) is 4.39 Å². The third kappa shape index (κ3) is 5.47. The molecule has 0 heterocycles. The highest BCUT2D eigenvalue weighted by atomic mass is 79.9. The second-order valence-corrected chi connectivity index (χ2v) is 5.31. The zero-order valence-electron chi connectivity index (χ0n) is 12.0. The van der Waals surface area contributed by atoms with Crippen LogP contribution < -0.4 is 10.1 Å². The number of halogens is 2. The van der Waals surface area contributed by atoms with E-state index in [1.54, 1.807) is 12.1 Å². The van der Waals surface area contributed by atoms with Crippen molar-refractivity contribution in [3.8, 4) is 5.75 Å². The summed E-state index contributed by atoms with van der Waals surface area (Å²) in [5.41, 5.74) is 2.08. The van der Waals surface area contributed by atoms with E-state index in [0.29, 0.717) is 6.54 Å². The molecule has 0 aliphatic carbocycles. The number of nitrogens with one attached hydrogen (secondary N) is 1. The zero-order chi connectivity index (χ0) is 15.0. The summed E-state index contributed by atoms with van der Waals surface area (Å²) >= 11 is 3.50. The second-order valence-electron chi connectivity index (χ2n) is 4.46. The number of hydrogen-bond acceptors (Lipinski definition) is 2. The zero-order valence-corrected chi connectivity index (χ0v) is 13.6. The molecule has 0 aliphatic heterocycles. The Bertz CT molecular complexity index is 485. The van der Waals surface area contributed by atoms with Crippen LogP contribution in [0, 0.1) is 5.82 Å². The van der Waals surface area contributed by atoms with E-state index in [1.807, 2.05) is 0 Å². The highest BCUT2D eigenvalue weighted by Crippen LogP contribution is 2.19. The average Bonchev–Trinajstić information content (AvgIpc) is 2.45. The molecule has 4 heteroatoms. The summed E-state index contributed by atoms with van der Waals surface area (Å²) in [6.45, 7) is 7.63. The molecule has 0 radical (unpaired) electrons. The summed E-state index contributed by atoms with van der Waals surface area (Å²) in [7, 11) is 1.47. The topological polar surface area (TPSA) is 21.3 Å². The van der Waals surface area contributed by atoms with E-state index in [2.05, 4.69) is 40.8 Å². The van der Waals surface area contributed by atoms with E-state index in [1.165, 1.54) is 13.2 Å². The van der Waals surface area contributed by atoms with Crippen LogP contribution in [0.25, 0.3) is 0 Å². The van der Waals surface area contributed by atoms with Crippen LogP contribution in [0.1, 0.15) is 25.3 Å². The van der Waals surface area contributed by atoms with Crippen LogP contribution in [0.2, 0.25) is 0 Å². The molecule has 0 fully saturated rings. The molecule has 1 rings (SSSR count). The largest absolute Gasteiger partial charge is 0.494 e. The van der Waals surface area contributed by atoms with Gasteiger partial charge in [0.05, 0.1) is 7.11 Å². The maximum absolute atomic E-state index is 13.3. The van der Waals surface area contributed by atoms with Gasteiger partial charge in [-0.2, -0.15) is 0 Å². The number of rotatable bonds is 8. The first-order chi connectivity index (χ1) is 9.58. The lowest BCUT2D eigenvalue weighted by atomic mass is 10.1. The van der Waals surface area contributed by atoms with Crippen LogP contribution in [-0.2, 0) is 6.54 Å². The normalized spacial score (nSPS) is 11.5. The summed E-state index contributed by atoms with van der Waals surface area (Å²) in [6.07, 6.45) is 3.96. The Balaban J connectivity index is 2.38. The summed E-state index contributed by atoms with van der Waals surface area (Å²) in [4.78, 5) is 0. The summed E-state index contributed by atoms with van der Waals surface area (Å²) in [6, 6.07) is 4.89. The Kier molecular flexibility index (Phi) is 7.55. The van der Waals surface area contributed by atoms with Gasteiger partial charge in [0.2, 0.25) is 0 Å². The molecular formula is C16H21BrFNO. The van der Waals surface area contributed by atoms with Gasteiger partial charge < -0.3 is 10.1 Å². The predicted octanol–water partition coefficient (Wildman–Crippen LogP) is 4.56. The van der Waals surface area contributed by atoms with E-state index in [9.17, 15) is 4.39 Å². The first-order valence-corrected chi connectivity index (χ1v) is 7.44. The minimum Gasteiger partial charge on any atom is -0.494 e. The Labute approximate surface area is 128 Å². The maximum Gasteiger partial charge on any atom is 0.165 e. The first kappa shape index (κ1) is 16.9. The summed E-state index contributed by atoms with van der Waals surface area (Å²) in [5.74, 6) is -0.0550. The van der Waals surface area contributed by atoms with Gasteiger partial charge in [0, 0.05) is 11.0 Å². The number of allylic oxidation sites excluding steroid dienone is 2. The van der Waals surface area contributed by atoms with Crippen LogP contribution in [0.15, 0.2) is 40.9 Å². The number of benzene rings is 1. The highest BCUT2D eigenvalue weighted by molar-refractivity contribution is 9.12. The fraction of sp³-hybridized carbons (Fsp3) is 0.375. The molecule has 0 aromatic heterocycles. The lowest BCUT2D eigenvalue weighted by molar-refractivity contribution is 0.385. The van der Waals surface area contributed by atoms with Gasteiger partial charge in [-0.1, -0.05) is 41.6 Å². The van der Waals surface area contributed by atoms with Crippen molar-refractivity contribution in [3.63, 3.8) is 0 Å². The predicted molar refractivity (Wildman–Crippen MR) is 85.7 cm³/mol. The Morgan fingerprint density at radius 2 is 2.25 bits per heavy atom. The average molecular weight is 342 g/mol. The van der Waals surface area contributed by atoms with E-state index < -0.39 is 0 Å². The molecule has 0 amide bonds. The molecule has 0 bridgehead atoms. The monoisotopic (exact) mass is 341 g/mol. The lowest BCUT2D eigenvalue weighted by Gasteiger charge is -2.08. The van der Waals surface area contributed by atoms with Crippen molar-refractivity contribution in [2.45, 2.75) is 26.3 Å². The summed E-state index contributed by atoms with van der Waals surface area (Å²) < 4.78 is 19.3. The van der Waals surface area contributed by atoms with Crippen molar-refractivity contribution in [2.24, 2.45) is 0 Å². The molecule has 0 unspecified atom stereocenters. The van der Waals surface area contributed by atoms with E-state index in [0.717, 1.165) is 35.0 Å². The molecule has 1 N–H and O–H groups in total. The van der Waals surface area contributed by atoms with E-state index >= 15 is 0 Å². The standard InChI is InChI=1S/C16H21BrFNO/c1-4-5-14(17)12(2)8-9-19-11-13-6-7-15(18)16(10-13)20-3/h5-7,10,19H,2,4,8-9,11H2,1,3H3/b14-5+. The molecule has 20 heavy (non-hydrogen) atoms. The smallest absolute Gasteiger partial charge is 0.165 e. The number of methoxy groups -OCH3 is 1. The van der Waals surface area contributed by atoms with Crippen molar-refractivity contribution >= 4 is 15.9 Å². The molecule has 0 saturated heterocycles. The van der Waals surface area contributed by atoms with Crippen molar-refractivity contribution in [1.29, 1.82) is 0 Å². The molecule has 0 saturated carbocycles. The molecule has 0 aliphatic rings. The Morgan fingerprint density at radius 3 is 2.90 bits per heavy atom. The van der Waals surface area contributed by atoms with Gasteiger partial charge in [-0.3, -0.25) is 0 Å². The third-order valence-corrected chi connectivity index (χ3v) is 3.75. The van der Waals surface area contributed by atoms with Crippen LogP contribution >= 0.6 is 15.9 Å². The first-order valence-electron chi connectivity index (χ1n) is 6.65. The van der Waals surface area contributed by atoms with Crippen molar-refractivity contribution < 1.29 is 9.13 Å². The number of hydrogen-bond donors (Lipinski definition) is 1. The van der Waals surface area contributed by atoms with Gasteiger partial charge in [-0.25, -0.2) is 4.39 Å². The summed E-state index contributed by atoms with van der Waals surface area (Å²) in [5, 5.41) is 3.31. The van der Waals surface area contributed by atoms with Gasteiger partial charge in [0.1, 0.15) is 0 Å². The van der Waals surface area contributed by atoms with Gasteiger partial charge in [0.25, 0.3) is 0 Å². The SMILES string of the molecule is C=C(CCNCc1ccc(F)c(OC)c1)/C(Br)=C\CC. The minimum absolute atomic E-state index is 0.280.